The zero-order valence-corrected chi connectivity index (χ0v) is 25.5. The van der Waals surface area contributed by atoms with Gasteiger partial charge in [0.25, 0.3) is 10.0 Å². The van der Waals surface area contributed by atoms with Gasteiger partial charge in [0, 0.05) is 17.1 Å². The van der Waals surface area contributed by atoms with Crippen molar-refractivity contribution in [3.8, 4) is 0 Å². The van der Waals surface area contributed by atoms with Crippen LogP contribution in [-0.4, -0.2) is 43.3 Å². The SMILES string of the molecule is CCc1ccccc1N(CC(=O)N(Cc1ccc(Cl)cc1)[C@H](C)C(=O)NC(C)(C)C)S(=O)(=O)c1ccc(C)cc1. The number of nitrogens with one attached hydrogen (secondary N) is 1. The Kier molecular flexibility index (Phi) is 10.0. The van der Waals surface area contributed by atoms with Gasteiger partial charge in [0.1, 0.15) is 12.6 Å². The molecule has 0 heterocycles. The number of rotatable bonds is 10. The van der Waals surface area contributed by atoms with E-state index in [4.69, 9.17) is 11.6 Å². The third-order valence-electron chi connectivity index (χ3n) is 6.46. The first kappa shape index (κ1) is 31.2. The summed E-state index contributed by atoms with van der Waals surface area (Å²) in [5, 5.41) is 3.48. The van der Waals surface area contributed by atoms with Gasteiger partial charge in [-0.1, -0.05) is 66.6 Å². The van der Waals surface area contributed by atoms with Crippen molar-refractivity contribution >= 4 is 39.1 Å². The molecule has 0 bridgehead atoms. The number of sulfonamides is 1. The first-order valence-corrected chi connectivity index (χ1v) is 15.1. The van der Waals surface area contributed by atoms with E-state index < -0.39 is 34.1 Å². The molecule has 214 valence electrons. The highest BCUT2D eigenvalue weighted by Crippen LogP contribution is 2.28. The van der Waals surface area contributed by atoms with Crippen molar-refractivity contribution in [2.24, 2.45) is 0 Å². The molecule has 9 heteroatoms. The predicted octanol–water partition coefficient (Wildman–Crippen LogP) is 5.74. The molecule has 1 N–H and O–H groups in total. The number of hydrogen-bond acceptors (Lipinski definition) is 4. The lowest BCUT2D eigenvalue weighted by atomic mass is 10.1. The van der Waals surface area contributed by atoms with Gasteiger partial charge in [0.15, 0.2) is 0 Å². The zero-order valence-electron chi connectivity index (χ0n) is 23.9. The van der Waals surface area contributed by atoms with E-state index in [9.17, 15) is 18.0 Å². The molecule has 0 saturated carbocycles. The van der Waals surface area contributed by atoms with Crippen LogP contribution >= 0.6 is 11.6 Å². The van der Waals surface area contributed by atoms with E-state index in [2.05, 4.69) is 5.32 Å². The Morgan fingerprint density at radius 2 is 1.55 bits per heavy atom. The highest BCUT2D eigenvalue weighted by molar-refractivity contribution is 7.92. The maximum Gasteiger partial charge on any atom is 0.264 e. The Labute approximate surface area is 243 Å². The Balaban J connectivity index is 2.07. The van der Waals surface area contributed by atoms with Gasteiger partial charge in [0.2, 0.25) is 11.8 Å². The van der Waals surface area contributed by atoms with Crippen LogP contribution in [0.1, 0.15) is 51.3 Å². The molecule has 40 heavy (non-hydrogen) atoms. The number of anilines is 1. The van der Waals surface area contributed by atoms with E-state index in [1.54, 1.807) is 67.6 Å². The third kappa shape index (κ3) is 7.86. The summed E-state index contributed by atoms with van der Waals surface area (Å²) < 4.78 is 29.2. The fraction of sp³-hybridized carbons (Fsp3) is 0.355. The zero-order chi connectivity index (χ0) is 29.7. The average Bonchev–Trinajstić information content (AvgIpc) is 2.90. The molecule has 0 unspecified atom stereocenters. The summed E-state index contributed by atoms with van der Waals surface area (Å²) in [6.07, 6.45) is 0.573. The number of halogens is 1. The summed E-state index contributed by atoms with van der Waals surface area (Å²) in [5.74, 6) is -0.843. The van der Waals surface area contributed by atoms with E-state index in [0.717, 1.165) is 21.0 Å². The molecular formula is C31H38ClN3O4S. The van der Waals surface area contributed by atoms with Gasteiger partial charge in [-0.3, -0.25) is 13.9 Å². The number of amides is 2. The van der Waals surface area contributed by atoms with Gasteiger partial charge in [-0.15, -0.1) is 0 Å². The van der Waals surface area contributed by atoms with Gasteiger partial charge in [-0.2, -0.15) is 0 Å². The molecule has 2 amide bonds. The molecule has 0 spiro atoms. The van der Waals surface area contributed by atoms with Crippen LogP contribution in [0.4, 0.5) is 5.69 Å². The van der Waals surface area contributed by atoms with Crippen molar-refractivity contribution in [3.05, 3.63) is 94.5 Å². The molecule has 0 fully saturated rings. The van der Waals surface area contributed by atoms with Crippen LogP contribution in [0.15, 0.2) is 77.7 Å². The number of aryl methyl sites for hydroxylation is 2. The van der Waals surface area contributed by atoms with Gasteiger partial charge < -0.3 is 10.2 Å². The fourth-order valence-corrected chi connectivity index (χ4v) is 5.83. The Morgan fingerprint density at radius 1 is 0.950 bits per heavy atom. The van der Waals surface area contributed by atoms with Crippen LogP contribution in [0.5, 0.6) is 0 Å². The van der Waals surface area contributed by atoms with E-state index >= 15 is 0 Å². The molecule has 0 saturated heterocycles. The number of carbonyl (C=O) groups is 2. The molecule has 7 nitrogen and oxygen atoms in total. The van der Waals surface area contributed by atoms with Crippen molar-refractivity contribution in [1.29, 1.82) is 0 Å². The van der Waals surface area contributed by atoms with Crippen LogP contribution in [0.3, 0.4) is 0 Å². The summed E-state index contributed by atoms with van der Waals surface area (Å²) in [6, 6.07) is 19.8. The van der Waals surface area contributed by atoms with Crippen LogP contribution in [0.2, 0.25) is 5.02 Å². The van der Waals surface area contributed by atoms with Crippen molar-refractivity contribution in [2.45, 2.75) is 71.0 Å². The van der Waals surface area contributed by atoms with Crippen LogP contribution in [0.25, 0.3) is 0 Å². The largest absolute Gasteiger partial charge is 0.350 e. The molecule has 3 aromatic carbocycles. The van der Waals surface area contributed by atoms with Crippen LogP contribution < -0.4 is 9.62 Å². The van der Waals surface area contributed by atoms with Gasteiger partial charge in [0.05, 0.1) is 10.6 Å². The van der Waals surface area contributed by atoms with Crippen molar-refractivity contribution < 1.29 is 18.0 Å². The number of benzene rings is 3. The Bertz CT molecular complexity index is 1430. The molecule has 3 rings (SSSR count). The maximum atomic E-state index is 14.1. The molecule has 0 aliphatic carbocycles. The quantitative estimate of drug-likeness (QED) is 0.330. The number of hydrogen-bond donors (Lipinski definition) is 1. The van der Waals surface area contributed by atoms with Crippen molar-refractivity contribution in [1.82, 2.24) is 10.2 Å². The van der Waals surface area contributed by atoms with E-state index in [-0.39, 0.29) is 17.3 Å². The van der Waals surface area contributed by atoms with Gasteiger partial charge in [-0.05, 0) is 82.5 Å². The molecule has 0 aliphatic rings. The predicted molar refractivity (Wildman–Crippen MR) is 161 cm³/mol. The second kappa shape index (κ2) is 12.9. The van der Waals surface area contributed by atoms with E-state index in [1.807, 2.05) is 46.8 Å². The fourth-order valence-electron chi connectivity index (χ4n) is 4.25. The average molecular weight is 584 g/mol. The summed E-state index contributed by atoms with van der Waals surface area (Å²) in [6.45, 7) is 10.7. The second-order valence-corrected chi connectivity index (χ2v) is 13.2. The monoisotopic (exact) mass is 583 g/mol. The van der Waals surface area contributed by atoms with Crippen molar-refractivity contribution in [2.75, 3.05) is 10.8 Å². The van der Waals surface area contributed by atoms with Crippen LogP contribution in [-0.2, 0) is 32.6 Å². The minimum absolute atomic E-state index is 0.0829. The van der Waals surface area contributed by atoms with Gasteiger partial charge in [-0.25, -0.2) is 8.42 Å². The van der Waals surface area contributed by atoms with Crippen molar-refractivity contribution in [3.63, 3.8) is 0 Å². The molecule has 1 atom stereocenters. The summed E-state index contributed by atoms with van der Waals surface area (Å²) in [7, 11) is -4.12. The number of carbonyl (C=O) groups excluding carboxylic acids is 2. The number of para-hydroxylation sites is 1. The lowest BCUT2D eigenvalue weighted by Crippen LogP contribution is -2.54. The van der Waals surface area contributed by atoms with E-state index in [1.165, 1.54) is 4.90 Å². The number of nitrogens with zero attached hydrogens (tertiary/aromatic N) is 2. The standard InChI is InChI=1S/C31H38ClN3O4S/c1-7-25-10-8-9-11-28(25)35(40(38,39)27-18-12-22(2)13-19-27)21-29(36)34(20-24-14-16-26(32)17-15-24)23(3)30(37)33-31(4,5)6/h8-19,23H,7,20-21H2,1-6H3,(H,33,37)/t23-/m1/s1. The molecule has 0 radical (unpaired) electrons. The lowest BCUT2D eigenvalue weighted by Gasteiger charge is -2.34. The highest BCUT2D eigenvalue weighted by Gasteiger charge is 2.34. The lowest BCUT2D eigenvalue weighted by molar-refractivity contribution is -0.140. The molecule has 0 aliphatic heterocycles. The highest BCUT2D eigenvalue weighted by atomic mass is 35.5. The topological polar surface area (TPSA) is 86.8 Å². The van der Waals surface area contributed by atoms with E-state index in [0.29, 0.717) is 17.1 Å². The smallest absolute Gasteiger partial charge is 0.264 e. The Morgan fingerprint density at radius 3 is 2.12 bits per heavy atom. The van der Waals surface area contributed by atoms with Gasteiger partial charge >= 0.3 is 0 Å². The normalized spacial score (nSPS) is 12.5. The second-order valence-electron chi connectivity index (χ2n) is 10.9. The first-order valence-electron chi connectivity index (χ1n) is 13.3. The maximum absolute atomic E-state index is 14.1. The minimum Gasteiger partial charge on any atom is -0.350 e. The minimum atomic E-state index is -4.12. The molecular weight excluding hydrogens is 546 g/mol. The molecule has 3 aromatic rings. The Hall–Kier alpha value is -3.36. The summed E-state index contributed by atoms with van der Waals surface area (Å²) >= 11 is 6.06. The van der Waals surface area contributed by atoms with Crippen LogP contribution in [0, 0.1) is 6.92 Å². The summed E-state index contributed by atoms with van der Waals surface area (Å²) in [5.41, 5.74) is 2.38. The first-order chi connectivity index (χ1) is 18.7. The molecule has 0 aromatic heterocycles. The third-order valence-corrected chi connectivity index (χ3v) is 8.49. The summed E-state index contributed by atoms with van der Waals surface area (Å²) in [4.78, 5) is 28.7.